The lowest BCUT2D eigenvalue weighted by Gasteiger charge is -2.41. The highest BCUT2D eigenvalue weighted by Crippen LogP contribution is 2.45. The number of aromatic nitrogens is 2. The van der Waals surface area contributed by atoms with Crippen molar-refractivity contribution in [2.75, 3.05) is 13.2 Å². The minimum atomic E-state index is 0.164. The van der Waals surface area contributed by atoms with Crippen molar-refractivity contribution in [2.24, 2.45) is 5.92 Å². The van der Waals surface area contributed by atoms with Crippen molar-refractivity contribution in [3.8, 4) is 0 Å². The molecule has 2 fully saturated rings. The molecule has 1 saturated carbocycles. The lowest BCUT2D eigenvalue weighted by molar-refractivity contribution is -0.0984. The SMILES string of the molecule is CCCNC(c1cnccn1)C1CCOC2(CCCC2)C1. The molecule has 116 valence electrons. The van der Waals surface area contributed by atoms with E-state index >= 15 is 0 Å². The van der Waals surface area contributed by atoms with Crippen LogP contribution in [0.5, 0.6) is 0 Å². The first kappa shape index (κ1) is 14.9. The zero-order valence-electron chi connectivity index (χ0n) is 13.1. The Morgan fingerprint density at radius 2 is 2.24 bits per heavy atom. The van der Waals surface area contributed by atoms with E-state index in [0.717, 1.165) is 31.7 Å². The third-order valence-corrected chi connectivity index (χ3v) is 5.03. The quantitative estimate of drug-likeness (QED) is 0.904. The predicted octanol–water partition coefficient (Wildman–Crippen LogP) is 3.26. The Balaban J connectivity index is 1.75. The monoisotopic (exact) mass is 289 g/mol. The molecule has 3 rings (SSSR count). The number of hydrogen-bond donors (Lipinski definition) is 1. The van der Waals surface area contributed by atoms with Gasteiger partial charge in [0.15, 0.2) is 0 Å². The second kappa shape index (κ2) is 6.84. The number of ether oxygens (including phenoxy) is 1. The second-order valence-corrected chi connectivity index (χ2v) is 6.55. The first-order chi connectivity index (χ1) is 10.3. The Labute approximate surface area is 127 Å². The van der Waals surface area contributed by atoms with E-state index in [0.29, 0.717) is 12.0 Å². The van der Waals surface area contributed by atoms with E-state index in [2.05, 4.69) is 22.2 Å². The summed E-state index contributed by atoms with van der Waals surface area (Å²) in [5, 5.41) is 3.70. The van der Waals surface area contributed by atoms with E-state index in [1.54, 1.807) is 12.4 Å². The van der Waals surface area contributed by atoms with Gasteiger partial charge in [-0.05, 0) is 44.6 Å². The van der Waals surface area contributed by atoms with Crippen LogP contribution in [-0.2, 0) is 4.74 Å². The van der Waals surface area contributed by atoms with E-state index in [1.165, 1.54) is 32.1 Å². The van der Waals surface area contributed by atoms with Gasteiger partial charge in [-0.1, -0.05) is 19.8 Å². The number of nitrogens with one attached hydrogen (secondary N) is 1. The maximum Gasteiger partial charge on any atom is 0.0758 e. The summed E-state index contributed by atoms with van der Waals surface area (Å²) < 4.78 is 6.18. The van der Waals surface area contributed by atoms with Gasteiger partial charge in [0.25, 0.3) is 0 Å². The van der Waals surface area contributed by atoms with Gasteiger partial charge in [-0.3, -0.25) is 9.97 Å². The van der Waals surface area contributed by atoms with Gasteiger partial charge in [0.2, 0.25) is 0 Å². The summed E-state index contributed by atoms with van der Waals surface area (Å²) in [6.07, 6.45) is 14.0. The van der Waals surface area contributed by atoms with Crippen LogP contribution in [0.3, 0.4) is 0 Å². The summed E-state index contributed by atoms with van der Waals surface area (Å²) >= 11 is 0. The molecule has 1 aromatic rings. The summed E-state index contributed by atoms with van der Waals surface area (Å²) in [4.78, 5) is 8.82. The van der Waals surface area contributed by atoms with E-state index in [1.807, 2.05) is 6.20 Å². The maximum atomic E-state index is 6.18. The summed E-state index contributed by atoms with van der Waals surface area (Å²) in [6.45, 7) is 4.14. The van der Waals surface area contributed by atoms with Gasteiger partial charge < -0.3 is 10.1 Å². The van der Waals surface area contributed by atoms with Crippen LogP contribution in [0.15, 0.2) is 18.6 Å². The van der Waals surface area contributed by atoms with Crippen LogP contribution in [0.25, 0.3) is 0 Å². The van der Waals surface area contributed by atoms with Crippen molar-refractivity contribution in [2.45, 2.75) is 63.5 Å². The van der Waals surface area contributed by atoms with Crippen LogP contribution in [0.2, 0.25) is 0 Å². The highest BCUT2D eigenvalue weighted by molar-refractivity contribution is 5.07. The van der Waals surface area contributed by atoms with Gasteiger partial charge in [-0.2, -0.15) is 0 Å². The molecule has 0 amide bonds. The van der Waals surface area contributed by atoms with Gasteiger partial charge in [-0.15, -0.1) is 0 Å². The summed E-state index contributed by atoms with van der Waals surface area (Å²) in [7, 11) is 0. The minimum absolute atomic E-state index is 0.164. The fraction of sp³-hybridized carbons (Fsp3) is 0.765. The van der Waals surface area contributed by atoms with Crippen LogP contribution in [0, 0.1) is 5.92 Å². The van der Waals surface area contributed by atoms with Crippen molar-refractivity contribution < 1.29 is 4.74 Å². The van der Waals surface area contributed by atoms with Crippen LogP contribution >= 0.6 is 0 Å². The van der Waals surface area contributed by atoms with Crippen molar-refractivity contribution >= 4 is 0 Å². The molecule has 0 bridgehead atoms. The van der Waals surface area contributed by atoms with E-state index in [-0.39, 0.29) is 5.60 Å². The molecule has 1 spiro atoms. The van der Waals surface area contributed by atoms with Gasteiger partial charge in [0.05, 0.1) is 17.3 Å². The molecule has 2 atom stereocenters. The highest BCUT2D eigenvalue weighted by atomic mass is 16.5. The zero-order chi connectivity index (χ0) is 14.5. The van der Waals surface area contributed by atoms with Crippen molar-refractivity contribution in [3.05, 3.63) is 24.3 Å². The molecule has 1 aromatic heterocycles. The molecule has 1 saturated heterocycles. The molecule has 2 unspecified atom stereocenters. The molecular weight excluding hydrogens is 262 g/mol. The molecule has 1 aliphatic heterocycles. The van der Waals surface area contributed by atoms with Crippen LogP contribution in [0.1, 0.15) is 63.6 Å². The molecule has 0 aromatic carbocycles. The molecule has 1 N–H and O–H groups in total. The highest BCUT2D eigenvalue weighted by Gasteiger charge is 2.42. The molecule has 21 heavy (non-hydrogen) atoms. The first-order valence-electron chi connectivity index (χ1n) is 8.46. The largest absolute Gasteiger partial charge is 0.375 e. The first-order valence-corrected chi connectivity index (χ1v) is 8.46. The van der Waals surface area contributed by atoms with Crippen LogP contribution in [-0.4, -0.2) is 28.7 Å². The smallest absolute Gasteiger partial charge is 0.0758 e. The number of rotatable bonds is 5. The van der Waals surface area contributed by atoms with Crippen LogP contribution < -0.4 is 5.32 Å². The van der Waals surface area contributed by atoms with E-state index in [9.17, 15) is 0 Å². The normalized spacial score (nSPS) is 26.0. The summed E-state index contributed by atoms with van der Waals surface area (Å²) in [5.74, 6) is 0.611. The lowest BCUT2D eigenvalue weighted by atomic mass is 9.79. The van der Waals surface area contributed by atoms with Gasteiger partial charge in [0, 0.05) is 25.2 Å². The fourth-order valence-corrected chi connectivity index (χ4v) is 4.00. The summed E-state index contributed by atoms with van der Waals surface area (Å²) in [6, 6.07) is 0.319. The Hall–Kier alpha value is -1.00. The molecule has 2 heterocycles. The van der Waals surface area contributed by atoms with Crippen molar-refractivity contribution in [1.82, 2.24) is 15.3 Å². The second-order valence-electron chi connectivity index (χ2n) is 6.55. The molecule has 2 aliphatic rings. The standard InChI is InChI=1S/C17H27N3O/c1-2-8-20-16(15-13-18-9-10-19-15)14-5-11-21-17(12-14)6-3-4-7-17/h9-10,13-14,16,20H,2-8,11-12H2,1H3. The molecular formula is C17H27N3O. The molecule has 4 nitrogen and oxygen atoms in total. The van der Waals surface area contributed by atoms with Crippen molar-refractivity contribution in [1.29, 1.82) is 0 Å². The average Bonchev–Trinajstić information content (AvgIpc) is 2.97. The Morgan fingerprint density at radius 1 is 1.38 bits per heavy atom. The van der Waals surface area contributed by atoms with Crippen LogP contribution in [0.4, 0.5) is 0 Å². The fourth-order valence-electron chi connectivity index (χ4n) is 4.00. The third kappa shape index (κ3) is 3.43. The van der Waals surface area contributed by atoms with E-state index < -0.39 is 0 Å². The topological polar surface area (TPSA) is 47.0 Å². The Kier molecular flexibility index (Phi) is 4.86. The Morgan fingerprint density at radius 3 is 2.95 bits per heavy atom. The average molecular weight is 289 g/mol. The Bertz CT molecular complexity index is 431. The molecule has 1 aliphatic carbocycles. The van der Waals surface area contributed by atoms with Gasteiger partial charge >= 0.3 is 0 Å². The maximum absolute atomic E-state index is 6.18. The zero-order valence-corrected chi connectivity index (χ0v) is 13.1. The predicted molar refractivity (Wildman–Crippen MR) is 82.9 cm³/mol. The number of hydrogen-bond acceptors (Lipinski definition) is 4. The van der Waals surface area contributed by atoms with Crippen molar-refractivity contribution in [3.63, 3.8) is 0 Å². The number of nitrogens with zero attached hydrogens (tertiary/aromatic N) is 2. The minimum Gasteiger partial charge on any atom is -0.375 e. The summed E-state index contributed by atoms with van der Waals surface area (Å²) in [5.41, 5.74) is 1.25. The third-order valence-electron chi connectivity index (χ3n) is 5.03. The van der Waals surface area contributed by atoms with Gasteiger partial charge in [-0.25, -0.2) is 0 Å². The van der Waals surface area contributed by atoms with Gasteiger partial charge in [0.1, 0.15) is 0 Å². The molecule has 0 radical (unpaired) electrons. The molecule has 4 heteroatoms. The van der Waals surface area contributed by atoms with E-state index in [4.69, 9.17) is 4.74 Å². The lowest BCUT2D eigenvalue weighted by Crippen LogP contribution is -2.42.